The molecule has 0 N–H and O–H groups in total. The molecule has 0 fully saturated rings. The summed E-state index contributed by atoms with van der Waals surface area (Å²) in [6, 6.07) is 50.5. The maximum atomic E-state index is 15.7. The molecule has 8 nitrogen and oxygen atoms in total. The van der Waals surface area contributed by atoms with Crippen LogP contribution in [0.4, 0.5) is 0 Å². The minimum absolute atomic E-state index is 0.0221. The first kappa shape index (κ1) is 32.3. The summed E-state index contributed by atoms with van der Waals surface area (Å²) in [4.78, 5) is 60.2. The molecule has 54 heavy (non-hydrogen) atoms. The Bertz CT molecular complexity index is 2950. The third-order valence-electron chi connectivity index (χ3n) is 9.28. The molecule has 0 radical (unpaired) electrons. The van der Waals surface area contributed by atoms with Crippen molar-refractivity contribution in [2.75, 3.05) is 0 Å². The van der Waals surface area contributed by atoms with Crippen molar-refractivity contribution in [3.63, 3.8) is 0 Å². The van der Waals surface area contributed by atoms with Gasteiger partial charge in [-0.3, -0.25) is 14.0 Å². The van der Waals surface area contributed by atoms with Gasteiger partial charge in [-0.05, 0) is 36.4 Å². The molecule has 0 aliphatic rings. The van der Waals surface area contributed by atoms with E-state index in [9.17, 15) is 4.79 Å². The Morgan fingerprint density at radius 2 is 0.944 bits per heavy atom. The summed E-state index contributed by atoms with van der Waals surface area (Å²) < 4.78 is 7.89. The highest BCUT2D eigenvalue weighted by Gasteiger charge is 2.33. The van der Waals surface area contributed by atoms with Crippen LogP contribution in [0.5, 0.6) is 5.75 Å². The number of hydrogen-bond acceptors (Lipinski definition) is 7. The van der Waals surface area contributed by atoms with E-state index in [2.05, 4.69) is 0 Å². The molecule has 3 aromatic heterocycles. The molecule has 0 saturated heterocycles. The number of carbonyl (C=O) groups excluding carboxylic acids is 2. The van der Waals surface area contributed by atoms with Gasteiger partial charge < -0.3 is 4.74 Å². The molecule has 0 aliphatic heterocycles. The molecule has 9 aromatic rings. The Morgan fingerprint density at radius 3 is 1.56 bits per heavy atom. The number of carbonyl (C=O) groups is 2. The smallest absolute Gasteiger partial charge is 0.343 e. The summed E-state index contributed by atoms with van der Waals surface area (Å²) in [6.45, 7) is 0. The Balaban J connectivity index is 1.52. The van der Waals surface area contributed by atoms with Gasteiger partial charge in [0.25, 0.3) is 5.56 Å². The van der Waals surface area contributed by atoms with Gasteiger partial charge in [0.15, 0.2) is 11.5 Å². The van der Waals surface area contributed by atoms with E-state index in [1.165, 1.54) is 4.40 Å². The van der Waals surface area contributed by atoms with Crippen molar-refractivity contribution < 1.29 is 14.3 Å². The van der Waals surface area contributed by atoms with Gasteiger partial charge in [0.05, 0.1) is 50.1 Å². The van der Waals surface area contributed by atoms with E-state index in [4.69, 9.17) is 19.7 Å². The van der Waals surface area contributed by atoms with E-state index in [0.717, 1.165) is 0 Å². The molecule has 0 saturated carbocycles. The highest BCUT2D eigenvalue weighted by Crippen LogP contribution is 2.41. The van der Waals surface area contributed by atoms with Gasteiger partial charge in [0.2, 0.25) is 0 Å². The Labute approximate surface area is 308 Å². The predicted molar refractivity (Wildman–Crippen MR) is 210 cm³/mol. The molecule has 6 aromatic carbocycles. The van der Waals surface area contributed by atoms with E-state index in [1.54, 1.807) is 66.7 Å². The first-order valence-corrected chi connectivity index (χ1v) is 17.3. The average Bonchev–Trinajstić information content (AvgIpc) is 3.24. The third kappa shape index (κ3) is 5.59. The lowest BCUT2D eigenvalue weighted by molar-refractivity contribution is 0.0734. The molecule has 9 rings (SSSR count). The molecule has 3 heterocycles. The van der Waals surface area contributed by atoms with Crippen molar-refractivity contribution in [3.8, 4) is 39.5 Å². The van der Waals surface area contributed by atoms with E-state index in [0.29, 0.717) is 50.1 Å². The van der Waals surface area contributed by atoms with Crippen molar-refractivity contribution in [1.29, 1.82) is 0 Å². The van der Waals surface area contributed by atoms with Gasteiger partial charge in [-0.2, -0.15) is 0 Å². The Morgan fingerprint density at radius 1 is 0.481 bits per heavy atom. The second kappa shape index (κ2) is 13.5. The summed E-state index contributed by atoms with van der Waals surface area (Å²) >= 11 is 0. The van der Waals surface area contributed by atoms with Crippen molar-refractivity contribution in [1.82, 2.24) is 19.4 Å². The number of benzene rings is 6. The first-order chi connectivity index (χ1) is 26.6. The first-order valence-electron chi connectivity index (χ1n) is 17.3. The quantitative estimate of drug-likeness (QED) is 0.0928. The maximum absolute atomic E-state index is 15.7. The molecule has 0 unspecified atom stereocenters. The lowest BCUT2D eigenvalue weighted by atomic mass is 9.94. The van der Waals surface area contributed by atoms with E-state index in [1.807, 2.05) is 103 Å². The van der Waals surface area contributed by atoms with Crippen LogP contribution in [-0.4, -0.2) is 31.1 Å². The van der Waals surface area contributed by atoms with Crippen LogP contribution in [0.25, 0.3) is 61.4 Å². The van der Waals surface area contributed by atoms with Crippen LogP contribution in [-0.2, 0) is 0 Å². The molecule has 0 atom stereocenters. The fourth-order valence-corrected chi connectivity index (χ4v) is 6.78. The number of fused-ring (bicyclic) bond motifs is 4. The number of pyridine rings is 1. The summed E-state index contributed by atoms with van der Waals surface area (Å²) in [5.74, 6) is -1.47. The molecule has 0 amide bonds. The zero-order valence-corrected chi connectivity index (χ0v) is 28.6. The fraction of sp³-hybridized carbons (Fsp3) is 0. The minimum atomic E-state index is -0.757. The Hall–Kier alpha value is -7.58. The number of esters is 1. The van der Waals surface area contributed by atoms with E-state index in [-0.39, 0.29) is 33.7 Å². The zero-order chi connectivity index (χ0) is 36.6. The lowest BCUT2D eigenvalue weighted by Gasteiger charge is -2.21. The molecular formula is C46H28N4O4. The average molecular weight is 701 g/mol. The van der Waals surface area contributed by atoms with Gasteiger partial charge >= 0.3 is 5.97 Å². The monoisotopic (exact) mass is 700 g/mol. The van der Waals surface area contributed by atoms with Gasteiger partial charge in [-0.1, -0.05) is 133 Å². The second-order valence-corrected chi connectivity index (χ2v) is 12.6. The molecule has 256 valence electrons. The van der Waals surface area contributed by atoms with Gasteiger partial charge in [-0.15, -0.1) is 0 Å². The van der Waals surface area contributed by atoms with Crippen molar-refractivity contribution in [2.24, 2.45) is 0 Å². The minimum Gasteiger partial charge on any atom is -0.421 e. The zero-order valence-electron chi connectivity index (χ0n) is 28.6. The Kier molecular flexibility index (Phi) is 8.10. The highest BCUT2D eigenvalue weighted by atomic mass is 16.5. The number of nitrogens with zero attached hydrogens (tertiary/aromatic N) is 4. The molecule has 8 heteroatoms. The summed E-state index contributed by atoms with van der Waals surface area (Å²) in [5, 5.41) is 0. The van der Waals surface area contributed by atoms with E-state index >= 15 is 9.59 Å². The molecule has 0 aliphatic carbocycles. The largest absolute Gasteiger partial charge is 0.421 e. The van der Waals surface area contributed by atoms with Crippen LogP contribution in [0.15, 0.2) is 175 Å². The maximum Gasteiger partial charge on any atom is 0.343 e. The number of hydrogen-bond donors (Lipinski definition) is 0. The number of para-hydroxylation sites is 4. The number of rotatable bonds is 7. The SMILES string of the molecule is O=C(Oc1c(-c2nc3ccccc3nc2-c2ccccc2)c(=O)n2c(c(-c3ccccc3)nc3ccccc32)c1C(=O)c1ccccc1)c1ccccc1. The van der Waals surface area contributed by atoms with Gasteiger partial charge in [0.1, 0.15) is 11.3 Å². The number of ether oxygens (including phenoxy) is 1. The van der Waals surface area contributed by atoms with E-state index < -0.39 is 17.3 Å². The second-order valence-electron chi connectivity index (χ2n) is 12.6. The van der Waals surface area contributed by atoms with Crippen molar-refractivity contribution in [2.45, 2.75) is 0 Å². The predicted octanol–water partition coefficient (Wildman–Crippen LogP) is 9.24. The van der Waals surface area contributed by atoms with Gasteiger partial charge in [0, 0.05) is 16.7 Å². The summed E-state index contributed by atoms with van der Waals surface area (Å²) in [7, 11) is 0. The summed E-state index contributed by atoms with van der Waals surface area (Å²) in [5.41, 5.74) is 4.38. The van der Waals surface area contributed by atoms with Crippen LogP contribution in [0.2, 0.25) is 0 Å². The standard InChI is InChI=1S/C46H28N4O4/c51-43(31-21-9-3-10-22-31)38-42-40(30-19-7-2-8-20-30)49-35-27-15-16-28-36(35)50(42)45(52)37(44(38)54-46(53)32-23-11-4-12-24-32)41-39(29-17-5-1-6-18-29)47-33-25-13-14-26-34(33)48-41/h1-28H. The molecular weight excluding hydrogens is 673 g/mol. The van der Waals surface area contributed by atoms with Crippen molar-refractivity contribution in [3.05, 3.63) is 197 Å². The number of aromatic nitrogens is 4. The molecule has 0 bridgehead atoms. The van der Waals surface area contributed by atoms with Crippen LogP contribution in [0.1, 0.15) is 26.3 Å². The lowest BCUT2D eigenvalue weighted by Crippen LogP contribution is -2.25. The topological polar surface area (TPSA) is 104 Å². The van der Waals surface area contributed by atoms with Crippen LogP contribution in [0, 0.1) is 0 Å². The fourth-order valence-electron chi connectivity index (χ4n) is 6.78. The summed E-state index contributed by atoms with van der Waals surface area (Å²) in [6.07, 6.45) is 0. The van der Waals surface area contributed by atoms with Crippen LogP contribution in [0.3, 0.4) is 0 Å². The normalized spacial score (nSPS) is 11.2. The highest BCUT2D eigenvalue weighted by molar-refractivity contribution is 6.19. The van der Waals surface area contributed by atoms with Crippen LogP contribution >= 0.6 is 0 Å². The van der Waals surface area contributed by atoms with Gasteiger partial charge in [-0.25, -0.2) is 19.7 Å². The van der Waals surface area contributed by atoms with Crippen molar-refractivity contribution >= 4 is 39.3 Å². The molecule has 0 spiro atoms. The third-order valence-corrected chi connectivity index (χ3v) is 9.28. The number of ketones is 1. The van der Waals surface area contributed by atoms with Crippen LogP contribution < -0.4 is 10.3 Å².